The van der Waals surface area contributed by atoms with Crippen molar-refractivity contribution < 1.29 is 13.2 Å². The molecule has 0 aromatic heterocycles. The summed E-state index contributed by atoms with van der Waals surface area (Å²) in [6.07, 6.45) is 1.51. The number of nitrogens with one attached hydrogen (secondary N) is 1. The van der Waals surface area contributed by atoms with Crippen molar-refractivity contribution in [2.45, 2.75) is 37.1 Å². The molecule has 3 rings (SSSR count). The maximum absolute atomic E-state index is 12.7. The fourth-order valence-corrected chi connectivity index (χ4v) is 4.67. The van der Waals surface area contributed by atoms with Gasteiger partial charge in [0.1, 0.15) is 0 Å². The van der Waals surface area contributed by atoms with Gasteiger partial charge >= 0.3 is 0 Å². The number of amides is 1. The van der Waals surface area contributed by atoms with Crippen LogP contribution in [0.4, 0.5) is 5.69 Å². The van der Waals surface area contributed by atoms with E-state index in [-0.39, 0.29) is 11.9 Å². The molecule has 1 fully saturated rings. The number of hydrogen-bond donors (Lipinski definition) is 2. The Labute approximate surface area is 160 Å². The van der Waals surface area contributed by atoms with Crippen LogP contribution in [0.15, 0.2) is 53.4 Å². The second-order valence-corrected chi connectivity index (χ2v) is 8.92. The number of anilines is 1. The number of nitrogen functional groups attached to an aromatic ring is 1. The van der Waals surface area contributed by atoms with Gasteiger partial charge in [-0.3, -0.25) is 4.79 Å². The van der Waals surface area contributed by atoms with Crippen molar-refractivity contribution in [1.82, 2.24) is 9.62 Å². The zero-order valence-electron chi connectivity index (χ0n) is 15.4. The smallest absolute Gasteiger partial charge is 0.243 e. The molecule has 0 aliphatic carbocycles. The molecule has 1 amide bonds. The molecule has 7 heteroatoms. The summed E-state index contributed by atoms with van der Waals surface area (Å²) in [7, 11) is -3.47. The number of carbonyl (C=O) groups excluding carboxylic acids is 1. The Hall–Kier alpha value is -2.38. The summed E-state index contributed by atoms with van der Waals surface area (Å²) in [5, 5.41) is 3.01. The molecule has 1 saturated heterocycles. The Morgan fingerprint density at radius 1 is 1.07 bits per heavy atom. The topological polar surface area (TPSA) is 92.5 Å². The number of sulfonamides is 1. The normalized spacial score (nSPS) is 16.2. The van der Waals surface area contributed by atoms with Gasteiger partial charge in [0.2, 0.25) is 15.9 Å². The lowest BCUT2D eigenvalue weighted by atomic mass is 10.1. The van der Waals surface area contributed by atoms with Crippen molar-refractivity contribution in [3.05, 3.63) is 59.7 Å². The number of nitrogens with zero attached hydrogens (tertiary/aromatic N) is 1. The van der Waals surface area contributed by atoms with E-state index < -0.39 is 10.0 Å². The number of carbonyl (C=O) groups is 1. The van der Waals surface area contributed by atoms with Crippen LogP contribution in [-0.2, 0) is 21.2 Å². The van der Waals surface area contributed by atoms with Gasteiger partial charge in [0.25, 0.3) is 0 Å². The summed E-state index contributed by atoms with van der Waals surface area (Å²) < 4.78 is 26.9. The van der Waals surface area contributed by atoms with Crippen molar-refractivity contribution in [3.63, 3.8) is 0 Å². The molecular weight excluding hydrogens is 362 g/mol. The minimum absolute atomic E-state index is 0.00394. The summed E-state index contributed by atoms with van der Waals surface area (Å²) in [5.41, 5.74) is 8.25. The average molecular weight is 388 g/mol. The maximum Gasteiger partial charge on any atom is 0.243 e. The molecule has 0 atom stereocenters. The van der Waals surface area contributed by atoms with Crippen molar-refractivity contribution >= 4 is 21.6 Å². The number of benzene rings is 2. The van der Waals surface area contributed by atoms with E-state index >= 15 is 0 Å². The van der Waals surface area contributed by atoms with Crippen molar-refractivity contribution in [1.29, 1.82) is 0 Å². The number of piperidine rings is 1. The van der Waals surface area contributed by atoms with Gasteiger partial charge in [-0.2, -0.15) is 4.31 Å². The Morgan fingerprint density at radius 3 is 2.26 bits per heavy atom. The van der Waals surface area contributed by atoms with Crippen LogP contribution in [0, 0.1) is 6.92 Å². The van der Waals surface area contributed by atoms with Crippen molar-refractivity contribution in [3.8, 4) is 0 Å². The van der Waals surface area contributed by atoms with Crippen LogP contribution >= 0.6 is 0 Å². The van der Waals surface area contributed by atoms with E-state index in [1.807, 2.05) is 19.1 Å². The molecular formula is C20H25N3O3S. The summed E-state index contributed by atoms with van der Waals surface area (Å²) in [6, 6.07) is 14.1. The quantitative estimate of drug-likeness (QED) is 0.769. The van der Waals surface area contributed by atoms with Crippen molar-refractivity contribution in [2.24, 2.45) is 0 Å². The second kappa shape index (κ2) is 8.10. The second-order valence-electron chi connectivity index (χ2n) is 6.98. The third-order valence-corrected chi connectivity index (χ3v) is 6.74. The van der Waals surface area contributed by atoms with E-state index in [0.717, 1.165) is 11.1 Å². The predicted octanol–water partition coefficient (Wildman–Crippen LogP) is 2.09. The van der Waals surface area contributed by atoms with Gasteiger partial charge in [0, 0.05) is 24.8 Å². The lowest BCUT2D eigenvalue weighted by Gasteiger charge is -2.31. The van der Waals surface area contributed by atoms with Crippen LogP contribution in [0.1, 0.15) is 24.0 Å². The first-order chi connectivity index (χ1) is 12.8. The van der Waals surface area contributed by atoms with Crippen molar-refractivity contribution in [2.75, 3.05) is 18.8 Å². The lowest BCUT2D eigenvalue weighted by molar-refractivity contribution is -0.121. The molecule has 0 bridgehead atoms. The van der Waals surface area contributed by atoms with Gasteiger partial charge < -0.3 is 11.1 Å². The van der Waals surface area contributed by atoms with E-state index in [1.54, 1.807) is 36.4 Å². The highest BCUT2D eigenvalue weighted by molar-refractivity contribution is 7.89. The number of rotatable bonds is 5. The van der Waals surface area contributed by atoms with E-state index in [9.17, 15) is 13.2 Å². The fraction of sp³-hybridized carbons (Fsp3) is 0.350. The molecule has 27 heavy (non-hydrogen) atoms. The SMILES string of the molecule is Cc1ccc(S(=O)(=O)N2CCC(NC(=O)Cc3ccc(N)cc3)CC2)cc1. The molecule has 1 aliphatic heterocycles. The highest BCUT2D eigenvalue weighted by atomic mass is 32.2. The Kier molecular flexibility index (Phi) is 5.82. The Balaban J connectivity index is 1.53. The van der Waals surface area contributed by atoms with Gasteiger partial charge in [-0.1, -0.05) is 29.8 Å². The number of hydrogen-bond acceptors (Lipinski definition) is 4. The monoisotopic (exact) mass is 387 g/mol. The van der Waals surface area contributed by atoms with E-state index in [4.69, 9.17) is 5.73 Å². The first-order valence-electron chi connectivity index (χ1n) is 9.05. The van der Waals surface area contributed by atoms with Crippen LogP contribution in [0.5, 0.6) is 0 Å². The maximum atomic E-state index is 12.7. The third-order valence-electron chi connectivity index (χ3n) is 4.82. The molecule has 0 unspecified atom stereocenters. The predicted molar refractivity (Wildman–Crippen MR) is 106 cm³/mol. The molecule has 2 aromatic carbocycles. The van der Waals surface area contributed by atoms with Crippen LogP contribution in [0.2, 0.25) is 0 Å². The van der Waals surface area contributed by atoms with Gasteiger partial charge in [0.05, 0.1) is 11.3 Å². The standard InChI is InChI=1S/C20H25N3O3S/c1-15-2-8-19(9-3-15)27(25,26)23-12-10-18(11-13-23)22-20(24)14-16-4-6-17(21)7-5-16/h2-9,18H,10-14,21H2,1H3,(H,22,24). The molecule has 144 valence electrons. The minimum atomic E-state index is -3.47. The highest BCUT2D eigenvalue weighted by Gasteiger charge is 2.29. The molecule has 2 aromatic rings. The highest BCUT2D eigenvalue weighted by Crippen LogP contribution is 2.21. The molecule has 6 nitrogen and oxygen atoms in total. The zero-order chi connectivity index (χ0) is 19.4. The Morgan fingerprint density at radius 2 is 1.67 bits per heavy atom. The molecule has 1 heterocycles. The summed E-state index contributed by atoms with van der Waals surface area (Å²) in [4.78, 5) is 12.5. The first-order valence-corrected chi connectivity index (χ1v) is 10.5. The molecule has 3 N–H and O–H groups in total. The molecule has 0 saturated carbocycles. The van der Waals surface area contributed by atoms with Crippen LogP contribution in [0.3, 0.4) is 0 Å². The molecule has 0 spiro atoms. The number of aryl methyl sites for hydroxylation is 1. The van der Waals surface area contributed by atoms with Gasteiger partial charge in [-0.05, 0) is 49.6 Å². The molecule has 0 radical (unpaired) electrons. The summed E-state index contributed by atoms with van der Waals surface area (Å²) in [6.45, 7) is 2.74. The zero-order valence-corrected chi connectivity index (χ0v) is 16.2. The fourth-order valence-electron chi connectivity index (χ4n) is 3.20. The van der Waals surface area contributed by atoms with Crippen LogP contribution in [-0.4, -0.2) is 37.8 Å². The van der Waals surface area contributed by atoms with Crippen LogP contribution < -0.4 is 11.1 Å². The van der Waals surface area contributed by atoms with E-state index in [2.05, 4.69) is 5.32 Å². The van der Waals surface area contributed by atoms with Gasteiger partial charge in [0.15, 0.2) is 0 Å². The summed E-state index contributed by atoms with van der Waals surface area (Å²) >= 11 is 0. The average Bonchev–Trinajstić information content (AvgIpc) is 2.64. The van der Waals surface area contributed by atoms with Gasteiger partial charge in [-0.15, -0.1) is 0 Å². The van der Waals surface area contributed by atoms with E-state index in [1.165, 1.54) is 4.31 Å². The lowest BCUT2D eigenvalue weighted by Crippen LogP contribution is -2.46. The summed E-state index contributed by atoms with van der Waals surface area (Å²) in [5.74, 6) is -0.0559. The Bertz CT molecular complexity index is 885. The van der Waals surface area contributed by atoms with E-state index in [0.29, 0.717) is 42.9 Å². The third kappa shape index (κ3) is 4.87. The van der Waals surface area contributed by atoms with Gasteiger partial charge in [-0.25, -0.2) is 8.42 Å². The largest absolute Gasteiger partial charge is 0.399 e. The number of nitrogens with two attached hydrogens (primary N) is 1. The van der Waals surface area contributed by atoms with Crippen LogP contribution in [0.25, 0.3) is 0 Å². The first kappa shape index (κ1) is 19.4. The minimum Gasteiger partial charge on any atom is -0.399 e. The molecule has 1 aliphatic rings.